The number of anilines is 3. The average molecular weight is 323 g/mol. The summed E-state index contributed by atoms with van der Waals surface area (Å²) in [7, 11) is 0. The number of hydrogen-bond donors (Lipinski definition) is 2. The zero-order valence-electron chi connectivity index (χ0n) is 13.2. The molecular formula is C16H17N7O. The molecule has 0 bridgehead atoms. The van der Waals surface area contributed by atoms with Crippen molar-refractivity contribution in [2.75, 3.05) is 23.3 Å². The molecule has 24 heavy (non-hydrogen) atoms. The molecule has 8 heteroatoms. The Morgan fingerprint density at radius 2 is 2.21 bits per heavy atom. The van der Waals surface area contributed by atoms with Crippen molar-refractivity contribution >= 4 is 29.0 Å². The number of benzene rings is 1. The summed E-state index contributed by atoms with van der Waals surface area (Å²) in [5.41, 5.74) is 2.58. The molecule has 1 saturated heterocycles. The molecule has 8 nitrogen and oxygen atoms in total. The van der Waals surface area contributed by atoms with Gasteiger partial charge in [0.05, 0.1) is 0 Å². The maximum Gasteiger partial charge on any atom is 0.321 e. The third kappa shape index (κ3) is 2.62. The summed E-state index contributed by atoms with van der Waals surface area (Å²) >= 11 is 0. The topological polar surface area (TPSA) is 87.5 Å². The largest absolute Gasteiger partial charge is 0.340 e. The fourth-order valence-corrected chi connectivity index (χ4v) is 2.79. The molecule has 1 aromatic carbocycles. The van der Waals surface area contributed by atoms with Gasteiger partial charge in [-0.25, -0.2) is 9.78 Å². The monoisotopic (exact) mass is 323 g/mol. The Balaban J connectivity index is 1.66. The highest BCUT2D eigenvalue weighted by molar-refractivity contribution is 5.93. The summed E-state index contributed by atoms with van der Waals surface area (Å²) in [4.78, 5) is 22.2. The minimum Gasteiger partial charge on any atom is -0.340 e. The lowest BCUT2D eigenvalue weighted by Crippen LogP contribution is -2.46. The smallest absolute Gasteiger partial charge is 0.321 e. The van der Waals surface area contributed by atoms with Crippen LogP contribution in [-0.2, 0) is 0 Å². The van der Waals surface area contributed by atoms with Crippen LogP contribution in [0.4, 0.5) is 22.0 Å². The number of carbonyl (C=O) groups is 1. The number of amides is 2. The van der Waals surface area contributed by atoms with Gasteiger partial charge in [-0.2, -0.15) is 14.6 Å². The number of aromatic nitrogens is 4. The number of nitrogens with one attached hydrogen (secondary N) is 2. The van der Waals surface area contributed by atoms with E-state index in [1.807, 2.05) is 37.3 Å². The SMILES string of the molecule is Cc1cc(Nc2cccc(N3CCCNC3=O)c2)n2ncnc2n1. The summed E-state index contributed by atoms with van der Waals surface area (Å²) in [5.74, 6) is 1.32. The molecule has 3 aromatic rings. The van der Waals surface area contributed by atoms with Gasteiger partial charge in [0.2, 0.25) is 0 Å². The van der Waals surface area contributed by atoms with Crippen molar-refractivity contribution in [2.45, 2.75) is 13.3 Å². The van der Waals surface area contributed by atoms with Crippen molar-refractivity contribution < 1.29 is 4.79 Å². The first kappa shape index (κ1) is 14.4. The van der Waals surface area contributed by atoms with E-state index in [-0.39, 0.29) is 6.03 Å². The number of rotatable bonds is 3. The van der Waals surface area contributed by atoms with Crippen LogP contribution in [0, 0.1) is 6.92 Å². The van der Waals surface area contributed by atoms with Gasteiger partial charge in [0.15, 0.2) is 0 Å². The predicted octanol–water partition coefficient (Wildman–Crippen LogP) is 2.10. The van der Waals surface area contributed by atoms with Gasteiger partial charge in [-0.1, -0.05) is 6.07 Å². The molecule has 0 spiro atoms. The van der Waals surface area contributed by atoms with Gasteiger partial charge in [0.25, 0.3) is 5.78 Å². The predicted molar refractivity (Wildman–Crippen MR) is 90.6 cm³/mol. The maximum absolute atomic E-state index is 12.0. The molecule has 1 aliphatic heterocycles. The highest BCUT2D eigenvalue weighted by Gasteiger charge is 2.19. The van der Waals surface area contributed by atoms with E-state index < -0.39 is 0 Å². The van der Waals surface area contributed by atoms with Gasteiger partial charge in [-0.05, 0) is 31.5 Å². The molecule has 1 aliphatic rings. The van der Waals surface area contributed by atoms with Gasteiger partial charge in [0, 0.05) is 36.2 Å². The summed E-state index contributed by atoms with van der Waals surface area (Å²) in [5, 5.41) is 10.4. The Hall–Kier alpha value is -3.16. The van der Waals surface area contributed by atoms with Crippen molar-refractivity contribution in [3.8, 4) is 0 Å². The number of fused-ring (bicyclic) bond motifs is 1. The minimum absolute atomic E-state index is 0.0585. The number of carbonyl (C=O) groups excluding carboxylic acids is 1. The van der Waals surface area contributed by atoms with E-state index in [4.69, 9.17) is 0 Å². The highest BCUT2D eigenvalue weighted by atomic mass is 16.2. The van der Waals surface area contributed by atoms with E-state index in [1.165, 1.54) is 6.33 Å². The van der Waals surface area contributed by atoms with Crippen LogP contribution in [0.2, 0.25) is 0 Å². The summed E-state index contributed by atoms with van der Waals surface area (Å²) < 4.78 is 1.65. The third-order valence-corrected chi connectivity index (χ3v) is 3.89. The first-order chi connectivity index (χ1) is 11.7. The van der Waals surface area contributed by atoms with Crippen LogP contribution in [-0.4, -0.2) is 38.7 Å². The molecular weight excluding hydrogens is 306 g/mol. The molecule has 0 atom stereocenters. The van der Waals surface area contributed by atoms with Crippen molar-refractivity contribution in [3.05, 3.63) is 42.4 Å². The molecule has 122 valence electrons. The average Bonchev–Trinajstić information content (AvgIpc) is 3.04. The normalized spacial score (nSPS) is 14.7. The Labute approximate surface area is 138 Å². The van der Waals surface area contributed by atoms with E-state index in [0.717, 1.165) is 42.4 Å². The Kier molecular flexibility index (Phi) is 3.49. The third-order valence-electron chi connectivity index (χ3n) is 3.89. The molecule has 0 aliphatic carbocycles. The quantitative estimate of drug-likeness (QED) is 0.771. The van der Waals surface area contributed by atoms with Gasteiger partial charge in [0.1, 0.15) is 12.1 Å². The lowest BCUT2D eigenvalue weighted by Gasteiger charge is -2.27. The van der Waals surface area contributed by atoms with Crippen LogP contribution in [0.1, 0.15) is 12.1 Å². The standard InChI is InChI=1S/C16H17N7O/c1-11-8-14(23-15(20-11)18-10-19-23)21-12-4-2-5-13(9-12)22-7-3-6-17-16(22)24/h2,4-5,8-10,21H,3,6-7H2,1H3,(H,17,24). The van der Waals surface area contributed by atoms with Gasteiger partial charge in [-0.3, -0.25) is 4.90 Å². The van der Waals surface area contributed by atoms with Gasteiger partial charge in [-0.15, -0.1) is 0 Å². The van der Waals surface area contributed by atoms with Gasteiger partial charge < -0.3 is 10.6 Å². The van der Waals surface area contributed by atoms with E-state index in [0.29, 0.717) is 5.78 Å². The Bertz CT molecular complexity index is 904. The second-order valence-electron chi connectivity index (χ2n) is 5.67. The van der Waals surface area contributed by atoms with Crippen molar-refractivity contribution in [2.24, 2.45) is 0 Å². The molecule has 3 heterocycles. The van der Waals surface area contributed by atoms with E-state index in [2.05, 4.69) is 25.7 Å². The van der Waals surface area contributed by atoms with Crippen LogP contribution in [0.25, 0.3) is 5.78 Å². The van der Waals surface area contributed by atoms with Gasteiger partial charge >= 0.3 is 6.03 Å². The van der Waals surface area contributed by atoms with E-state index >= 15 is 0 Å². The number of hydrogen-bond acceptors (Lipinski definition) is 5. The fraction of sp³-hybridized carbons (Fsp3) is 0.250. The molecule has 0 saturated carbocycles. The number of nitrogens with zero attached hydrogens (tertiary/aromatic N) is 5. The summed E-state index contributed by atoms with van der Waals surface area (Å²) in [6, 6.07) is 9.59. The molecule has 2 amide bonds. The molecule has 2 aromatic heterocycles. The summed E-state index contributed by atoms with van der Waals surface area (Å²) in [6.45, 7) is 3.36. The first-order valence-electron chi connectivity index (χ1n) is 7.80. The minimum atomic E-state index is -0.0585. The van der Waals surface area contributed by atoms with Crippen molar-refractivity contribution in [1.29, 1.82) is 0 Å². The first-order valence-corrected chi connectivity index (χ1v) is 7.80. The van der Waals surface area contributed by atoms with E-state index in [1.54, 1.807) is 9.42 Å². The Morgan fingerprint density at radius 3 is 3.08 bits per heavy atom. The van der Waals surface area contributed by atoms with Crippen LogP contribution in [0.5, 0.6) is 0 Å². The number of aryl methyl sites for hydroxylation is 1. The molecule has 4 rings (SSSR count). The second-order valence-corrected chi connectivity index (χ2v) is 5.67. The molecule has 1 fully saturated rings. The zero-order chi connectivity index (χ0) is 16.5. The Morgan fingerprint density at radius 1 is 1.29 bits per heavy atom. The van der Waals surface area contributed by atoms with Crippen molar-refractivity contribution in [3.63, 3.8) is 0 Å². The van der Waals surface area contributed by atoms with Crippen LogP contribution >= 0.6 is 0 Å². The van der Waals surface area contributed by atoms with Crippen LogP contribution in [0.3, 0.4) is 0 Å². The fourth-order valence-electron chi connectivity index (χ4n) is 2.79. The number of urea groups is 1. The van der Waals surface area contributed by atoms with E-state index in [9.17, 15) is 4.79 Å². The lowest BCUT2D eigenvalue weighted by molar-refractivity contribution is 0.243. The lowest BCUT2D eigenvalue weighted by atomic mass is 10.2. The zero-order valence-corrected chi connectivity index (χ0v) is 13.2. The van der Waals surface area contributed by atoms with Crippen LogP contribution < -0.4 is 15.5 Å². The van der Waals surface area contributed by atoms with Crippen LogP contribution in [0.15, 0.2) is 36.7 Å². The molecule has 2 N–H and O–H groups in total. The molecule has 0 radical (unpaired) electrons. The second kappa shape index (κ2) is 5.80. The van der Waals surface area contributed by atoms with Crippen molar-refractivity contribution in [1.82, 2.24) is 24.9 Å². The molecule has 0 unspecified atom stereocenters. The maximum atomic E-state index is 12.0. The summed E-state index contributed by atoms with van der Waals surface area (Å²) in [6.07, 6.45) is 2.41. The highest BCUT2D eigenvalue weighted by Crippen LogP contribution is 2.24.